The van der Waals surface area contributed by atoms with Gasteiger partial charge in [0.05, 0.1) is 29.8 Å². The monoisotopic (exact) mass is 411 g/mol. The Morgan fingerprint density at radius 3 is 2.37 bits per heavy atom. The van der Waals surface area contributed by atoms with Crippen molar-refractivity contribution in [1.29, 1.82) is 0 Å². The fraction of sp³-hybridized carbons (Fsp3) is 0.263. The van der Waals surface area contributed by atoms with Crippen LogP contribution in [-0.2, 0) is 16.0 Å². The van der Waals surface area contributed by atoms with Crippen LogP contribution in [0.3, 0.4) is 0 Å². The van der Waals surface area contributed by atoms with E-state index in [-0.39, 0.29) is 17.2 Å². The maximum absolute atomic E-state index is 11.9. The van der Waals surface area contributed by atoms with Gasteiger partial charge in [0.1, 0.15) is 0 Å². The Balaban J connectivity index is 1.77. The van der Waals surface area contributed by atoms with Crippen LogP contribution in [-0.4, -0.2) is 39.2 Å². The van der Waals surface area contributed by atoms with Gasteiger partial charge in [-0.1, -0.05) is 29.3 Å². The molecule has 0 fully saturated rings. The molecule has 0 unspecified atom stereocenters. The van der Waals surface area contributed by atoms with Crippen molar-refractivity contribution in [2.45, 2.75) is 6.42 Å². The third kappa shape index (κ3) is 6.05. The van der Waals surface area contributed by atoms with Gasteiger partial charge in [0.25, 0.3) is 5.91 Å². The Morgan fingerprint density at radius 2 is 1.70 bits per heavy atom. The Kier molecular flexibility index (Phi) is 7.76. The molecule has 0 saturated carbocycles. The Hall–Kier alpha value is -2.44. The van der Waals surface area contributed by atoms with Gasteiger partial charge >= 0.3 is 5.97 Å². The Labute approximate surface area is 167 Å². The Morgan fingerprint density at radius 1 is 0.963 bits per heavy atom. The molecule has 0 aliphatic carbocycles. The number of hydrogen-bond donors (Lipinski definition) is 1. The summed E-state index contributed by atoms with van der Waals surface area (Å²) in [5.74, 6) is 0.212. The van der Waals surface area contributed by atoms with Crippen LogP contribution in [0.15, 0.2) is 36.4 Å². The third-order valence-electron chi connectivity index (χ3n) is 3.67. The van der Waals surface area contributed by atoms with Crippen LogP contribution >= 0.6 is 23.2 Å². The SMILES string of the molecule is COc1ccc(CCNC(=O)COC(=O)c2ccc(Cl)c(Cl)c2)cc1OC. The van der Waals surface area contributed by atoms with E-state index in [1.54, 1.807) is 20.3 Å². The number of nitrogens with one attached hydrogen (secondary N) is 1. The molecule has 0 aromatic heterocycles. The molecule has 1 N–H and O–H groups in total. The number of rotatable bonds is 8. The second kappa shape index (κ2) is 10.0. The fourth-order valence-electron chi connectivity index (χ4n) is 2.27. The van der Waals surface area contributed by atoms with Crippen LogP contribution < -0.4 is 14.8 Å². The minimum atomic E-state index is -0.649. The fourth-order valence-corrected chi connectivity index (χ4v) is 2.57. The molecule has 144 valence electrons. The van der Waals surface area contributed by atoms with Crippen LogP contribution in [0.5, 0.6) is 11.5 Å². The first kappa shape index (κ1) is 20.9. The van der Waals surface area contributed by atoms with Gasteiger partial charge < -0.3 is 19.5 Å². The summed E-state index contributed by atoms with van der Waals surface area (Å²) in [7, 11) is 3.13. The molecule has 0 atom stereocenters. The lowest BCUT2D eigenvalue weighted by Crippen LogP contribution is -2.30. The van der Waals surface area contributed by atoms with E-state index in [2.05, 4.69) is 5.32 Å². The summed E-state index contributed by atoms with van der Waals surface area (Å²) >= 11 is 11.6. The van der Waals surface area contributed by atoms with Gasteiger partial charge in [0, 0.05) is 6.54 Å². The van der Waals surface area contributed by atoms with Crippen molar-refractivity contribution in [1.82, 2.24) is 5.32 Å². The van der Waals surface area contributed by atoms with E-state index in [4.69, 9.17) is 37.4 Å². The van der Waals surface area contributed by atoms with E-state index in [0.717, 1.165) is 5.56 Å². The molecular formula is C19H19Cl2NO5. The van der Waals surface area contributed by atoms with Crippen LogP contribution in [0.2, 0.25) is 10.0 Å². The van der Waals surface area contributed by atoms with Gasteiger partial charge in [0.15, 0.2) is 18.1 Å². The van der Waals surface area contributed by atoms with Crippen LogP contribution in [0.1, 0.15) is 15.9 Å². The molecule has 0 bridgehead atoms. The summed E-state index contributed by atoms with van der Waals surface area (Å²) in [6.07, 6.45) is 0.590. The lowest BCUT2D eigenvalue weighted by atomic mass is 10.1. The second-order valence-electron chi connectivity index (χ2n) is 5.49. The normalized spacial score (nSPS) is 10.2. The first-order valence-corrected chi connectivity index (χ1v) is 8.80. The highest BCUT2D eigenvalue weighted by atomic mass is 35.5. The van der Waals surface area contributed by atoms with Gasteiger partial charge in [-0.2, -0.15) is 0 Å². The zero-order valence-electron chi connectivity index (χ0n) is 14.9. The summed E-state index contributed by atoms with van der Waals surface area (Å²) in [5, 5.41) is 3.26. The summed E-state index contributed by atoms with van der Waals surface area (Å²) in [5.41, 5.74) is 1.20. The number of esters is 1. The van der Waals surface area contributed by atoms with E-state index in [1.807, 2.05) is 12.1 Å². The minimum absolute atomic E-state index is 0.225. The smallest absolute Gasteiger partial charge is 0.338 e. The van der Waals surface area contributed by atoms with Crippen molar-refractivity contribution in [3.63, 3.8) is 0 Å². The Bertz CT molecular complexity index is 826. The largest absolute Gasteiger partial charge is 0.493 e. The average molecular weight is 412 g/mol. The maximum atomic E-state index is 11.9. The lowest BCUT2D eigenvalue weighted by Gasteiger charge is -2.10. The van der Waals surface area contributed by atoms with Crippen molar-refractivity contribution in [3.05, 3.63) is 57.6 Å². The van der Waals surface area contributed by atoms with Crippen molar-refractivity contribution < 1.29 is 23.8 Å². The van der Waals surface area contributed by atoms with Crippen LogP contribution in [0.25, 0.3) is 0 Å². The van der Waals surface area contributed by atoms with E-state index < -0.39 is 11.9 Å². The van der Waals surface area contributed by atoms with Crippen LogP contribution in [0, 0.1) is 0 Å². The van der Waals surface area contributed by atoms with Gasteiger partial charge in [-0.05, 0) is 42.3 Å². The quantitative estimate of drug-likeness (QED) is 0.672. The highest BCUT2D eigenvalue weighted by Crippen LogP contribution is 2.27. The molecule has 0 radical (unpaired) electrons. The highest BCUT2D eigenvalue weighted by Gasteiger charge is 2.12. The first-order valence-electron chi connectivity index (χ1n) is 8.04. The van der Waals surface area contributed by atoms with Crippen LogP contribution in [0.4, 0.5) is 0 Å². The number of halogens is 2. The zero-order chi connectivity index (χ0) is 19.8. The molecule has 0 aliphatic rings. The van der Waals surface area contributed by atoms with Gasteiger partial charge in [-0.3, -0.25) is 4.79 Å². The molecule has 0 aliphatic heterocycles. The number of ether oxygens (including phenoxy) is 3. The van der Waals surface area contributed by atoms with Crippen molar-refractivity contribution in [2.24, 2.45) is 0 Å². The summed E-state index contributed by atoms with van der Waals surface area (Å²) in [6, 6.07) is 9.89. The molecule has 2 rings (SSSR count). The second-order valence-corrected chi connectivity index (χ2v) is 6.31. The van der Waals surface area contributed by atoms with E-state index in [1.165, 1.54) is 18.2 Å². The predicted octanol–water partition coefficient (Wildman–Crippen LogP) is 3.53. The standard InChI is InChI=1S/C19H19Cl2NO5/c1-25-16-6-3-12(9-17(16)26-2)7-8-22-18(23)11-27-19(24)13-4-5-14(20)15(21)10-13/h3-6,9-10H,7-8,11H2,1-2H3,(H,22,23). The average Bonchev–Trinajstić information content (AvgIpc) is 2.68. The summed E-state index contributed by atoms with van der Waals surface area (Å²) in [4.78, 5) is 23.7. The van der Waals surface area contributed by atoms with Gasteiger partial charge in [0.2, 0.25) is 0 Å². The van der Waals surface area contributed by atoms with E-state index in [0.29, 0.717) is 29.5 Å². The zero-order valence-corrected chi connectivity index (χ0v) is 16.4. The lowest BCUT2D eigenvalue weighted by molar-refractivity contribution is -0.124. The topological polar surface area (TPSA) is 73.9 Å². The van der Waals surface area contributed by atoms with Gasteiger partial charge in [-0.25, -0.2) is 4.79 Å². The van der Waals surface area contributed by atoms with E-state index >= 15 is 0 Å². The molecular weight excluding hydrogens is 393 g/mol. The molecule has 8 heteroatoms. The minimum Gasteiger partial charge on any atom is -0.493 e. The number of methoxy groups -OCH3 is 2. The third-order valence-corrected chi connectivity index (χ3v) is 4.41. The van der Waals surface area contributed by atoms with Gasteiger partial charge in [-0.15, -0.1) is 0 Å². The molecule has 2 aromatic carbocycles. The number of hydrogen-bond acceptors (Lipinski definition) is 5. The van der Waals surface area contributed by atoms with Crippen molar-refractivity contribution >= 4 is 35.1 Å². The number of benzene rings is 2. The molecule has 0 saturated heterocycles. The van der Waals surface area contributed by atoms with Crippen molar-refractivity contribution in [3.8, 4) is 11.5 Å². The molecule has 0 spiro atoms. The number of carbonyl (C=O) groups excluding carboxylic acids is 2. The number of carbonyl (C=O) groups is 2. The molecule has 27 heavy (non-hydrogen) atoms. The highest BCUT2D eigenvalue weighted by molar-refractivity contribution is 6.42. The maximum Gasteiger partial charge on any atom is 0.338 e. The number of amides is 1. The molecule has 6 nitrogen and oxygen atoms in total. The molecule has 1 amide bonds. The van der Waals surface area contributed by atoms with E-state index in [9.17, 15) is 9.59 Å². The molecule has 2 aromatic rings. The predicted molar refractivity (Wildman–Crippen MR) is 103 cm³/mol. The molecule has 0 heterocycles. The summed E-state index contributed by atoms with van der Waals surface area (Å²) < 4.78 is 15.4. The van der Waals surface area contributed by atoms with Crippen molar-refractivity contribution in [2.75, 3.05) is 27.4 Å². The summed E-state index contributed by atoms with van der Waals surface area (Å²) in [6.45, 7) is 0.00362. The first-order chi connectivity index (χ1) is 12.9.